The van der Waals surface area contributed by atoms with E-state index in [2.05, 4.69) is 4.98 Å². The van der Waals surface area contributed by atoms with Crippen LogP contribution in [0.4, 0.5) is 0 Å². The van der Waals surface area contributed by atoms with Gasteiger partial charge in [-0.05, 0) is 12.1 Å². The summed E-state index contributed by atoms with van der Waals surface area (Å²) >= 11 is 13.1. The van der Waals surface area contributed by atoms with E-state index < -0.39 is 10.0 Å². The Labute approximate surface area is 125 Å². The quantitative estimate of drug-likeness (QED) is 0.860. The highest BCUT2D eigenvalue weighted by Gasteiger charge is 2.27. The fourth-order valence-electron chi connectivity index (χ4n) is 1.46. The summed E-state index contributed by atoms with van der Waals surface area (Å²) < 4.78 is 27.9. The predicted octanol–water partition coefficient (Wildman–Crippen LogP) is 2.61. The van der Waals surface area contributed by atoms with E-state index in [1.807, 2.05) is 0 Å². The molecule has 0 unspecified atom stereocenters. The lowest BCUT2D eigenvalue weighted by atomic mass is 10.5. The molecule has 2 aromatic heterocycles. The minimum Gasteiger partial charge on any atom is -0.324 e. The highest BCUT2D eigenvalue weighted by Crippen LogP contribution is 2.26. The molecule has 0 aromatic carbocycles. The van der Waals surface area contributed by atoms with Crippen molar-refractivity contribution in [1.82, 2.24) is 13.9 Å². The third-order valence-corrected chi connectivity index (χ3v) is 6.01. The number of imidazole rings is 1. The van der Waals surface area contributed by atoms with Crippen LogP contribution < -0.4 is 0 Å². The first-order valence-electron chi connectivity index (χ1n) is 5.19. The Balaban J connectivity index is 2.27. The number of sulfonamides is 1. The second kappa shape index (κ2) is 5.41. The molecule has 2 rings (SSSR count). The lowest BCUT2D eigenvalue weighted by Gasteiger charge is -2.14. The van der Waals surface area contributed by atoms with Crippen LogP contribution >= 0.6 is 34.5 Å². The van der Waals surface area contributed by atoms with Gasteiger partial charge in [0.05, 0.1) is 10.7 Å². The van der Waals surface area contributed by atoms with Gasteiger partial charge >= 0.3 is 0 Å². The minimum atomic E-state index is -3.70. The fourth-order valence-corrected chi connectivity index (χ4v) is 4.20. The third kappa shape index (κ3) is 2.95. The lowest BCUT2D eigenvalue weighted by Crippen LogP contribution is -2.26. The molecule has 0 fully saturated rings. The van der Waals surface area contributed by atoms with Gasteiger partial charge in [-0.25, -0.2) is 13.4 Å². The van der Waals surface area contributed by atoms with E-state index in [1.54, 1.807) is 19.2 Å². The van der Waals surface area contributed by atoms with Crippen molar-refractivity contribution in [1.29, 1.82) is 0 Å². The van der Waals surface area contributed by atoms with Crippen molar-refractivity contribution < 1.29 is 8.42 Å². The molecule has 0 N–H and O–H groups in total. The zero-order chi connectivity index (χ0) is 14.2. The molecule has 104 valence electrons. The summed E-state index contributed by atoms with van der Waals surface area (Å²) in [7, 11) is -0.592. The first-order chi connectivity index (χ1) is 8.82. The van der Waals surface area contributed by atoms with E-state index in [1.165, 1.54) is 33.6 Å². The number of thiophene rings is 1. The van der Waals surface area contributed by atoms with Crippen LogP contribution in [0.15, 0.2) is 23.5 Å². The van der Waals surface area contributed by atoms with Gasteiger partial charge in [0, 0.05) is 25.5 Å². The van der Waals surface area contributed by atoms with Gasteiger partial charge in [0.25, 0.3) is 10.0 Å². The maximum absolute atomic E-state index is 12.3. The molecule has 0 atom stereocenters. The molecule has 0 saturated heterocycles. The SMILES string of the molecule is CN(Cc1ccc(Cl)s1)S(=O)(=O)c1ncn(C)c1Cl. The van der Waals surface area contributed by atoms with Crippen molar-refractivity contribution in [2.45, 2.75) is 11.6 Å². The number of halogens is 2. The Morgan fingerprint density at radius 3 is 2.58 bits per heavy atom. The highest BCUT2D eigenvalue weighted by atomic mass is 35.5. The summed E-state index contributed by atoms with van der Waals surface area (Å²) in [6.45, 7) is 0.229. The summed E-state index contributed by atoms with van der Waals surface area (Å²) in [5, 5.41) is -0.0436. The lowest BCUT2D eigenvalue weighted by molar-refractivity contribution is 0.467. The maximum Gasteiger partial charge on any atom is 0.263 e. The summed E-state index contributed by atoms with van der Waals surface area (Å²) in [5.74, 6) is 0. The molecule has 0 aliphatic heterocycles. The van der Waals surface area contributed by atoms with Crippen molar-refractivity contribution in [3.05, 3.63) is 32.8 Å². The van der Waals surface area contributed by atoms with Gasteiger partial charge in [0.1, 0.15) is 5.15 Å². The van der Waals surface area contributed by atoms with Crippen molar-refractivity contribution >= 4 is 44.6 Å². The average Bonchev–Trinajstić information content (AvgIpc) is 2.87. The Kier molecular flexibility index (Phi) is 4.22. The molecule has 2 heterocycles. The van der Waals surface area contributed by atoms with Gasteiger partial charge < -0.3 is 4.57 Å². The van der Waals surface area contributed by atoms with Crippen LogP contribution in [-0.4, -0.2) is 29.3 Å². The smallest absolute Gasteiger partial charge is 0.263 e. The monoisotopic (exact) mass is 339 g/mol. The summed E-state index contributed by atoms with van der Waals surface area (Å²) in [6, 6.07) is 3.52. The van der Waals surface area contributed by atoms with Crippen LogP contribution in [-0.2, 0) is 23.6 Å². The first kappa shape index (κ1) is 14.8. The maximum atomic E-state index is 12.3. The molecule has 19 heavy (non-hydrogen) atoms. The molecule has 0 saturated carbocycles. The molecule has 0 aliphatic rings. The van der Waals surface area contributed by atoms with Crippen molar-refractivity contribution in [3.63, 3.8) is 0 Å². The Morgan fingerprint density at radius 1 is 1.42 bits per heavy atom. The standard InChI is InChI=1S/C10H11Cl2N3O2S2/c1-14-6-13-10(9(14)12)19(16,17)15(2)5-7-3-4-8(11)18-7/h3-4,6H,5H2,1-2H3. The number of aryl methyl sites for hydroxylation is 1. The van der Waals surface area contributed by atoms with E-state index >= 15 is 0 Å². The number of rotatable bonds is 4. The zero-order valence-corrected chi connectivity index (χ0v) is 13.3. The first-order valence-corrected chi connectivity index (χ1v) is 8.21. The molecular weight excluding hydrogens is 329 g/mol. The van der Waals surface area contributed by atoms with Crippen LogP contribution in [0.2, 0.25) is 9.49 Å². The van der Waals surface area contributed by atoms with E-state index in [9.17, 15) is 8.42 Å². The van der Waals surface area contributed by atoms with Crippen LogP contribution in [0.5, 0.6) is 0 Å². The van der Waals surface area contributed by atoms with Crippen LogP contribution in [0, 0.1) is 0 Å². The van der Waals surface area contributed by atoms with E-state index in [4.69, 9.17) is 23.2 Å². The molecule has 0 spiro atoms. The van der Waals surface area contributed by atoms with Gasteiger partial charge in [0.2, 0.25) is 5.03 Å². The summed E-state index contributed by atoms with van der Waals surface area (Å²) in [4.78, 5) is 4.68. The predicted molar refractivity (Wildman–Crippen MR) is 76.2 cm³/mol. The van der Waals surface area contributed by atoms with Gasteiger partial charge in [-0.3, -0.25) is 0 Å². The number of hydrogen-bond acceptors (Lipinski definition) is 4. The average molecular weight is 340 g/mol. The van der Waals surface area contributed by atoms with E-state index in [-0.39, 0.29) is 16.7 Å². The Bertz CT molecular complexity index is 693. The molecule has 5 nitrogen and oxygen atoms in total. The topological polar surface area (TPSA) is 55.2 Å². The van der Waals surface area contributed by atoms with Gasteiger partial charge in [-0.15, -0.1) is 11.3 Å². The number of nitrogens with zero attached hydrogens (tertiary/aromatic N) is 3. The van der Waals surface area contributed by atoms with Crippen molar-refractivity contribution in [2.24, 2.45) is 7.05 Å². The van der Waals surface area contributed by atoms with Crippen LogP contribution in [0.1, 0.15) is 4.88 Å². The van der Waals surface area contributed by atoms with E-state index in [0.29, 0.717) is 4.34 Å². The van der Waals surface area contributed by atoms with Crippen LogP contribution in [0.3, 0.4) is 0 Å². The second-order valence-electron chi connectivity index (χ2n) is 3.92. The molecule has 0 radical (unpaired) electrons. The Morgan fingerprint density at radius 2 is 2.11 bits per heavy atom. The zero-order valence-electron chi connectivity index (χ0n) is 10.2. The summed E-state index contributed by atoms with van der Waals surface area (Å²) in [5.41, 5.74) is 0. The van der Waals surface area contributed by atoms with Gasteiger partial charge in [-0.2, -0.15) is 4.31 Å². The van der Waals surface area contributed by atoms with Crippen molar-refractivity contribution in [3.8, 4) is 0 Å². The van der Waals surface area contributed by atoms with Crippen molar-refractivity contribution in [2.75, 3.05) is 7.05 Å². The molecule has 0 aliphatic carbocycles. The minimum absolute atomic E-state index is 0.0936. The van der Waals surface area contributed by atoms with Crippen LogP contribution in [0.25, 0.3) is 0 Å². The fraction of sp³-hybridized carbons (Fsp3) is 0.300. The molecule has 2 aromatic rings. The third-order valence-electron chi connectivity index (χ3n) is 2.50. The normalized spacial score (nSPS) is 12.3. The molecule has 9 heteroatoms. The molecule has 0 bridgehead atoms. The molecular formula is C10H11Cl2N3O2S2. The van der Waals surface area contributed by atoms with E-state index in [0.717, 1.165) is 4.88 Å². The Hall–Kier alpha value is -0.600. The molecule has 0 amide bonds. The largest absolute Gasteiger partial charge is 0.324 e. The number of aromatic nitrogens is 2. The van der Waals surface area contributed by atoms with Gasteiger partial charge in [-0.1, -0.05) is 23.2 Å². The highest BCUT2D eigenvalue weighted by molar-refractivity contribution is 7.89. The van der Waals surface area contributed by atoms with Gasteiger partial charge in [0.15, 0.2) is 0 Å². The number of hydrogen-bond donors (Lipinski definition) is 0. The summed E-state index contributed by atoms with van der Waals surface area (Å²) in [6.07, 6.45) is 1.37. The second-order valence-corrected chi connectivity index (χ2v) is 8.04.